The summed E-state index contributed by atoms with van der Waals surface area (Å²) >= 11 is 0. The van der Waals surface area contributed by atoms with E-state index in [0.717, 1.165) is 10.9 Å². The van der Waals surface area contributed by atoms with Gasteiger partial charge in [0.2, 0.25) is 5.88 Å². The van der Waals surface area contributed by atoms with Gasteiger partial charge in [0.05, 0.1) is 12.0 Å². The monoisotopic (exact) mass is 300 g/mol. The lowest BCUT2D eigenvalue weighted by atomic mass is 9.99. The Morgan fingerprint density at radius 2 is 2.18 bits per heavy atom. The zero-order valence-corrected chi connectivity index (χ0v) is 13.3. The van der Waals surface area contributed by atoms with Gasteiger partial charge in [0.15, 0.2) is 0 Å². The van der Waals surface area contributed by atoms with Gasteiger partial charge in [-0.3, -0.25) is 4.79 Å². The van der Waals surface area contributed by atoms with Crippen molar-refractivity contribution in [1.82, 2.24) is 20.3 Å². The van der Waals surface area contributed by atoms with Gasteiger partial charge in [0, 0.05) is 19.7 Å². The molecular weight excluding hydrogens is 280 g/mol. The lowest BCUT2D eigenvalue weighted by Crippen LogP contribution is -2.17. The van der Waals surface area contributed by atoms with Gasteiger partial charge in [0.25, 0.3) is 5.91 Å². The van der Waals surface area contributed by atoms with Gasteiger partial charge in [-0.2, -0.15) is 0 Å². The Morgan fingerprint density at radius 3 is 2.86 bits per heavy atom. The van der Waals surface area contributed by atoms with E-state index < -0.39 is 0 Å². The van der Waals surface area contributed by atoms with Crippen molar-refractivity contribution >= 4 is 16.9 Å². The summed E-state index contributed by atoms with van der Waals surface area (Å²) in [6.07, 6.45) is 3.71. The van der Waals surface area contributed by atoms with Crippen LogP contribution < -0.4 is 10.1 Å². The molecule has 2 heterocycles. The Balaban J connectivity index is 2.27. The van der Waals surface area contributed by atoms with Crippen molar-refractivity contribution in [3.63, 3.8) is 0 Å². The highest BCUT2D eigenvalue weighted by Crippen LogP contribution is 2.26. The summed E-state index contributed by atoms with van der Waals surface area (Å²) in [6, 6.07) is 0. The fourth-order valence-electron chi connectivity index (χ4n) is 1.81. The number of hydrogen-bond acceptors (Lipinski definition) is 4. The van der Waals surface area contributed by atoms with Crippen molar-refractivity contribution in [2.45, 2.75) is 27.2 Å². The van der Waals surface area contributed by atoms with E-state index in [0.29, 0.717) is 24.6 Å². The molecule has 0 unspecified atom stereocenters. The molecule has 0 spiro atoms. The predicted octanol–water partition coefficient (Wildman–Crippen LogP) is 1.67. The topological polar surface area (TPSA) is 79.9 Å². The summed E-state index contributed by atoms with van der Waals surface area (Å²) in [5, 5.41) is 3.28. The predicted molar refractivity (Wildman–Crippen MR) is 84.4 cm³/mol. The molecule has 0 bridgehead atoms. The number of carbonyl (C=O) groups is 1. The summed E-state index contributed by atoms with van der Waals surface area (Å²) in [5.41, 5.74) is 1.65. The van der Waals surface area contributed by atoms with Gasteiger partial charge in [-0.1, -0.05) is 26.7 Å². The fraction of sp³-hybridized carbons (Fsp3) is 0.438. The first-order chi connectivity index (χ1) is 10.4. The fourth-order valence-corrected chi connectivity index (χ4v) is 1.81. The largest absolute Gasteiger partial charge is 0.477 e. The van der Waals surface area contributed by atoms with E-state index in [-0.39, 0.29) is 11.3 Å². The number of H-pyrrole nitrogens is 1. The van der Waals surface area contributed by atoms with E-state index in [1.54, 1.807) is 7.05 Å². The van der Waals surface area contributed by atoms with Gasteiger partial charge in [-0.25, -0.2) is 9.97 Å². The highest BCUT2D eigenvalue weighted by molar-refractivity contribution is 5.93. The quantitative estimate of drug-likeness (QED) is 0.845. The molecule has 22 heavy (non-hydrogen) atoms. The lowest BCUT2D eigenvalue weighted by molar-refractivity contribution is -0.115. The van der Waals surface area contributed by atoms with Crippen molar-refractivity contribution in [2.24, 2.45) is 5.41 Å². The Kier molecular flexibility index (Phi) is 4.66. The van der Waals surface area contributed by atoms with Crippen molar-refractivity contribution in [3.8, 4) is 17.7 Å². The van der Waals surface area contributed by atoms with Gasteiger partial charge in [-0.15, -0.1) is 0 Å². The maximum absolute atomic E-state index is 11.1. The zero-order chi connectivity index (χ0) is 16.2. The minimum absolute atomic E-state index is 0.0345. The molecule has 2 aromatic heterocycles. The Hall–Kier alpha value is -2.55. The highest BCUT2D eigenvalue weighted by Gasteiger charge is 2.16. The van der Waals surface area contributed by atoms with E-state index in [4.69, 9.17) is 4.74 Å². The molecule has 2 aromatic rings. The molecule has 2 rings (SSSR count). The molecule has 0 aliphatic heterocycles. The molecular formula is C16H20N4O2. The maximum atomic E-state index is 11.1. The maximum Gasteiger partial charge on any atom is 0.295 e. The molecule has 1 amide bonds. The number of nitrogens with zero attached hydrogens (tertiary/aromatic N) is 2. The second-order valence-corrected chi connectivity index (χ2v) is 6.12. The third-order valence-corrected chi connectivity index (χ3v) is 2.87. The van der Waals surface area contributed by atoms with Gasteiger partial charge < -0.3 is 15.0 Å². The Bertz CT molecular complexity index is 732. The summed E-state index contributed by atoms with van der Waals surface area (Å²) in [6.45, 7) is 6.84. The van der Waals surface area contributed by atoms with Crippen LogP contribution in [0.2, 0.25) is 0 Å². The van der Waals surface area contributed by atoms with Crippen LogP contribution in [0.15, 0.2) is 12.5 Å². The van der Waals surface area contributed by atoms with E-state index >= 15 is 0 Å². The number of ether oxygens (including phenoxy) is 1. The van der Waals surface area contributed by atoms with Crippen LogP contribution in [0.3, 0.4) is 0 Å². The average molecular weight is 300 g/mol. The lowest BCUT2D eigenvalue weighted by Gasteiger charge is -2.18. The molecule has 116 valence electrons. The molecule has 0 aliphatic rings. The van der Waals surface area contributed by atoms with Crippen LogP contribution in [0, 0.1) is 17.3 Å². The first kappa shape index (κ1) is 15.8. The van der Waals surface area contributed by atoms with E-state index in [2.05, 4.69) is 52.9 Å². The van der Waals surface area contributed by atoms with Gasteiger partial charge >= 0.3 is 0 Å². The van der Waals surface area contributed by atoms with E-state index in [9.17, 15) is 4.79 Å². The normalized spacial score (nSPS) is 10.9. The third-order valence-electron chi connectivity index (χ3n) is 2.87. The number of hydrogen-bond donors (Lipinski definition) is 2. The molecule has 0 atom stereocenters. The number of amides is 1. The van der Waals surface area contributed by atoms with Gasteiger partial charge in [0.1, 0.15) is 12.0 Å². The van der Waals surface area contributed by atoms with Crippen LogP contribution in [0.1, 0.15) is 26.3 Å². The molecule has 0 fully saturated rings. The number of rotatable bonds is 3. The summed E-state index contributed by atoms with van der Waals surface area (Å²) in [5.74, 6) is 5.59. The first-order valence-corrected chi connectivity index (χ1v) is 7.05. The number of aromatic amines is 1. The Morgan fingerprint density at radius 1 is 1.41 bits per heavy atom. The Labute approximate surface area is 129 Å². The zero-order valence-electron chi connectivity index (χ0n) is 13.3. The standard InChI is InChI=1S/C16H20N4O2/c1-16(2,3)9-22-15-13-11(6-5-7-12(21)17-4)8-18-14(13)19-10-20-15/h8,10H,6,9H2,1-4H3,(H,17,21)(H,18,19,20). The number of aromatic nitrogens is 3. The SMILES string of the molecule is CNC(=O)C#CCc1c[nH]c2ncnc(OCC(C)(C)C)c12. The van der Waals surface area contributed by atoms with Gasteiger partial charge in [-0.05, 0) is 16.9 Å². The number of fused-ring (bicyclic) bond motifs is 1. The molecule has 0 radical (unpaired) electrons. The van der Waals surface area contributed by atoms with Crippen molar-refractivity contribution < 1.29 is 9.53 Å². The molecule has 0 saturated heterocycles. The third kappa shape index (κ3) is 3.98. The summed E-state index contributed by atoms with van der Waals surface area (Å²) in [4.78, 5) is 22.6. The van der Waals surface area contributed by atoms with Crippen LogP contribution in [-0.4, -0.2) is 34.5 Å². The minimum Gasteiger partial charge on any atom is -0.477 e. The van der Waals surface area contributed by atoms with Crippen molar-refractivity contribution in [3.05, 3.63) is 18.1 Å². The second-order valence-electron chi connectivity index (χ2n) is 6.12. The molecule has 0 aromatic carbocycles. The average Bonchev–Trinajstić information content (AvgIpc) is 2.88. The van der Waals surface area contributed by atoms with Crippen LogP contribution in [0.5, 0.6) is 5.88 Å². The summed E-state index contributed by atoms with van der Waals surface area (Å²) in [7, 11) is 1.55. The summed E-state index contributed by atoms with van der Waals surface area (Å²) < 4.78 is 5.83. The molecule has 6 nitrogen and oxygen atoms in total. The molecule has 2 N–H and O–H groups in total. The molecule has 0 aliphatic carbocycles. The first-order valence-electron chi connectivity index (χ1n) is 7.05. The van der Waals surface area contributed by atoms with Crippen molar-refractivity contribution in [2.75, 3.05) is 13.7 Å². The van der Waals surface area contributed by atoms with E-state index in [1.807, 2.05) is 6.20 Å². The smallest absolute Gasteiger partial charge is 0.295 e. The highest BCUT2D eigenvalue weighted by atomic mass is 16.5. The van der Waals surface area contributed by atoms with E-state index in [1.165, 1.54) is 6.33 Å². The number of nitrogens with one attached hydrogen (secondary N) is 2. The number of carbonyl (C=O) groups excluding carboxylic acids is 1. The molecule has 6 heteroatoms. The van der Waals surface area contributed by atoms with Crippen LogP contribution >= 0.6 is 0 Å². The molecule has 0 saturated carbocycles. The second kappa shape index (κ2) is 6.48. The minimum atomic E-state index is -0.305. The van der Waals surface area contributed by atoms with Crippen LogP contribution in [0.4, 0.5) is 0 Å². The van der Waals surface area contributed by atoms with Crippen molar-refractivity contribution in [1.29, 1.82) is 0 Å². The van der Waals surface area contributed by atoms with Crippen LogP contribution in [0.25, 0.3) is 11.0 Å². The van der Waals surface area contributed by atoms with Crippen LogP contribution in [-0.2, 0) is 11.2 Å².